The summed E-state index contributed by atoms with van der Waals surface area (Å²) in [6.07, 6.45) is 1.64. The molecule has 1 rings (SSSR count). The van der Waals surface area contributed by atoms with Crippen LogP contribution in [-0.4, -0.2) is 9.78 Å². The molecule has 0 unspecified atom stereocenters. The van der Waals surface area contributed by atoms with Gasteiger partial charge in [0, 0.05) is 7.05 Å². The Balaban J connectivity index is 0.00000121. The van der Waals surface area contributed by atoms with Gasteiger partial charge >= 0.3 is 29.6 Å². The van der Waals surface area contributed by atoms with Crippen molar-refractivity contribution in [1.82, 2.24) is 9.78 Å². The fourth-order valence-electron chi connectivity index (χ4n) is 0.941. The van der Waals surface area contributed by atoms with E-state index in [2.05, 4.69) is 5.10 Å². The van der Waals surface area contributed by atoms with Crippen LogP contribution in [-0.2, 0) is 12.5 Å². The van der Waals surface area contributed by atoms with E-state index in [4.69, 9.17) is 0 Å². The maximum absolute atomic E-state index is 11.3. The van der Waals surface area contributed by atoms with Gasteiger partial charge in [-0.1, -0.05) is 20.8 Å². The van der Waals surface area contributed by atoms with Gasteiger partial charge in [-0.25, -0.2) is 0 Å². The molecule has 0 aliphatic carbocycles. The summed E-state index contributed by atoms with van der Waals surface area (Å²) in [5, 5.41) is 15.2. The average molecular weight is 176 g/mol. The van der Waals surface area contributed by atoms with E-state index in [-0.39, 0.29) is 40.9 Å². The Morgan fingerprint density at radius 2 is 1.92 bits per heavy atom. The Labute approximate surface area is 95.1 Å². The van der Waals surface area contributed by atoms with Gasteiger partial charge in [0.2, 0.25) is 0 Å². The standard InChI is InChI=1S/C8H14N2O.Na/c1-8(2,3)6-5-9-10(4)7(6)11;/h5,11H,1-4H3;/q;+1/p-1. The van der Waals surface area contributed by atoms with Crippen molar-refractivity contribution < 1.29 is 34.7 Å². The second kappa shape index (κ2) is 3.81. The maximum Gasteiger partial charge on any atom is 1.00 e. The molecule has 0 radical (unpaired) electrons. The summed E-state index contributed by atoms with van der Waals surface area (Å²) >= 11 is 0. The third kappa shape index (κ3) is 2.25. The van der Waals surface area contributed by atoms with Crippen LogP contribution >= 0.6 is 0 Å². The summed E-state index contributed by atoms with van der Waals surface area (Å²) in [6, 6.07) is 0. The topological polar surface area (TPSA) is 40.9 Å². The van der Waals surface area contributed by atoms with Crippen molar-refractivity contribution in [2.75, 3.05) is 0 Å². The molecule has 0 saturated carbocycles. The number of hydrogen-bond acceptors (Lipinski definition) is 2. The predicted molar refractivity (Wildman–Crippen MR) is 41.4 cm³/mol. The first kappa shape index (κ1) is 12.0. The van der Waals surface area contributed by atoms with Gasteiger partial charge in [0.1, 0.15) is 0 Å². The van der Waals surface area contributed by atoms with Crippen LogP contribution in [0.4, 0.5) is 0 Å². The molecule has 1 heterocycles. The van der Waals surface area contributed by atoms with Crippen LogP contribution in [0.1, 0.15) is 26.3 Å². The monoisotopic (exact) mass is 176 g/mol. The quantitative estimate of drug-likeness (QED) is 0.421. The molecule has 0 aliphatic heterocycles. The molecule has 0 bridgehead atoms. The van der Waals surface area contributed by atoms with Crippen molar-refractivity contribution in [1.29, 1.82) is 0 Å². The van der Waals surface area contributed by atoms with Crippen LogP contribution in [0.25, 0.3) is 0 Å². The zero-order valence-corrected chi connectivity index (χ0v) is 10.4. The van der Waals surface area contributed by atoms with Gasteiger partial charge in [0.05, 0.1) is 6.20 Å². The zero-order valence-electron chi connectivity index (χ0n) is 8.38. The SMILES string of the molecule is Cn1ncc(C(C)(C)C)c1[O-].[Na+]. The molecule has 0 atom stereocenters. The Morgan fingerprint density at radius 1 is 1.42 bits per heavy atom. The second-order valence-electron chi connectivity index (χ2n) is 3.74. The van der Waals surface area contributed by atoms with E-state index in [0.717, 1.165) is 5.56 Å². The molecular formula is C8H13N2NaO. The fraction of sp³-hybridized carbons (Fsp3) is 0.625. The smallest absolute Gasteiger partial charge is 0.859 e. The van der Waals surface area contributed by atoms with E-state index in [1.54, 1.807) is 13.2 Å². The minimum atomic E-state index is -0.0919. The van der Waals surface area contributed by atoms with Crippen molar-refractivity contribution in [3.63, 3.8) is 0 Å². The Kier molecular flexibility index (Phi) is 3.82. The minimum Gasteiger partial charge on any atom is -0.859 e. The van der Waals surface area contributed by atoms with E-state index >= 15 is 0 Å². The molecule has 1 aromatic rings. The summed E-state index contributed by atoms with van der Waals surface area (Å²) in [7, 11) is 1.66. The molecule has 0 saturated heterocycles. The molecule has 12 heavy (non-hydrogen) atoms. The van der Waals surface area contributed by atoms with Crippen molar-refractivity contribution in [2.24, 2.45) is 7.05 Å². The normalized spacial score (nSPS) is 11.0. The van der Waals surface area contributed by atoms with Crippen LogP contribution < -0.4 is 34.7 Å². The van der Waals surface area contributed by atoms with E-state index in [9.17, 15) is 5.11 Å². The third-order valence-corrected chi connectivity index (χ3v) is 1.69. The molecule has 0 fully saturated rings. The number of aromatic nitrogens is 2. The number of nitrogens with zero attached hydrogens (tertiary/aromatic N) is 2. The fourth-order valence-corrected chi connectivity index (χ4v) is 0.941. The summed E-state index contributed by atoms with van der Waals surface area (Å²) in [5.74, 6) is 0.0116. The van der Waals surface area contributed by atoms with Crippen LogP contribution in [0.5, 0.6) is 5.88 Å². The Bertz CT molecular complexity index is 263. The molecule has 4 heteroatoms. The summed E-state index contributed by atoms with van der Waals surface area (Å²) in [6.45, 7) is 6.02. The zero-order chi connectivity index (χ0) is 8.65. The molecule has 0 N–H and O–H groups in total. The summed E-state index contributed by atoms with van der Waals surface area (Å²) < 4.78 is 1.36. The van der Waals surface area contributed by atoms with E-state index in [1.807, 2.05) is 20.8 Å². The summed E-state index contributed by atoms with van der Waals surface area (Å²) in [5.41, 5.74) is 0.686. The first-order chi connectivity index (χ1) is 4.93. The molecule has 1 aromatic heterocycles. The first-order valence-electron chi connectivity index (χ1n) is 3.62. The van der Waals surface area contributed by atoms with Crippen LogP contribution in [0, 0.1) is 0 Å². The maximum atomic E-state index is 11.3. The van der Waals surface area contributed by atoms with Gasteiger partial charge in [-0.15, -0.1) is 0 Å². The number of hydrogen-bond donors (Lipinski definition) is 0. The minimum absolute atomic E-state index is 0. The molecule has 0 amide bonds. The van der Waals surface area contributed by atoms with Gasteiger partial charge in [0.25, 0.3) is 0 Å². The van der Waals surface area contributed by atoms with Gasteiger partial charge in [-0.2, -0.15) is 5.10 Å². The largest absolute Gasteiger partial charge is 1.00 e. The van der Waals surface area contributed by atoms with Gasteiger partial charge in [-0.05, 0) is 16.9 Å². The van der Waals surface area contributed by atoms with Gasteiger partial charge in [0.15, 0.2) is 0 Å². The van der Waals surface area contributed by atoms with Crippen molar-refractivity contribution in [2.45, 2.75) is 26.2 Å². The van der Waals surface area contributed by atoms with E-state index in [1.165, 1.54) is 4.68 Å². The van der Waals surface area contributed by atoms with Crippen molar-refractivity contribution in [3.8, 4) is 5.88 Å². The molecule has 62 valence electrons. The molecule has 3 nitrogen and oxygen atoms in total. The van der Waals surface area contributed by atoms with Crippen LogP contribution in [0.15, 0.2) is 6.20 Å². The Morgan fingerprint density at radius 3 is 2.08 bits per heavy atom. The molecular weight excluding hydrogens is 163 g/mol. The van der Waals surface area contributed by atoms with Crippen molar-refractivity contribution >= 4 is 0 Å². The summed E-state index contributed by atoms with van der Waals surface area (Å²) in [4.78, 5) is 0. The first-order valence-corrected chi connectivity index (χ1v) is 3.62. The number of rotatable bonds is 0. The van der Waals surface area contributed by atoms with E-state index in [0.29, 0.717) is 0 Å². The van der Waals surface area contributed by atoms with E-state index < -0.39 is 0 Å². The molecule has 0 spiro atoms. The third-order valence-electron chi connectivity index (χ3n) is 1.69. The number of aryl methyl sites for hydroxylation is 1. The van der Waals surface area contributed by atoms with Gasteiger partial charge < -0.3 is 5.11 Å². The second-order valence-corrected chi connectivity index (χ2v) is 3.74. The Hall–Kier alpha value is 0.0100. The van der Waals surface area contributed by atoms with Crippen molar-refractivity contribution in [3.05, 3.63) is 11.8 Å². The average Bonchev–Trinajstić information content (AvgIpc) is 2.11. The molecule has 0 aromatic carbocycles. The molecule has 0 aliphatic rings. The predicted octanol–water partition coefficient (Wildman–Crippen LogP) is -2.20. The van der Waals surface area contributed by atoms with Gasteiger partial charge in [-0.3, -0.25) is 4.68 Å². The van der Waals surface area contributed by atoms with Crippen LogP contribution in [0.3, 0.4) is 0 Å². The van der Waals surface area contributed by atoms with Crippen LogP contribution in [0.2, 0.25) is 0 Å².